The van der Waals surface area contributed by atoms with Crippen LogP contribution in [-0.4, -0.2) is 18.1 Å². The lowest BCUT2D eigenvalue weighted by Crippen LogP contribution is -2.31. The molecular formula is C15H16ClN3O2. The van der Waals surface area contributed by atoms with Crippen molar-refractivity contribution in [3.05, 3.63) is 53.3 Å². The summed E-state index contributed by atoms with van der Waals surface area (Å²) < 4.78 is 5.18. The molecule has 21 heavy (non-hydrogen) atoms. The SMILES string of the molecule is COc1ccc(Cl)cc1NC(=O)NC(C)c1ccccn1. The Hall–Kier alpha value is -2.27. The highest BCUT2D eigenvalue weighted by atomic mass is 35.5. The van der Waals surface area contributed by atoms with Gasteiger partial charge in [0.25, 0.3) is 0 Å². The standard InChI is InChI=1S/C15H16ClN3O2/c1-10(12-5-3-4-8-17-12)18-15(20)19-13-9-11(16)6-7-14(13)21-2/h3-10H,1-2H3,(H2,18,19,20). The number of benzene rings is 1. The molecule has 1 unspecified atom stereocenters. The number of halogens is 1. The summed E-state index contributed by atoms with van der Waals surface area (Å²) in [5, 5.41) is 6.04. The van der Waals surface area contributed by atoms with Crippen molar-refractivity contribution in [2.24, 2.45) is 0 Å². The molecule has 0 saturated heterocycles. The van der Waals surface area contributed by atoms with Gasteiger partial charge in [-0.3, -0.25) is 4.98 Å². The number of hydrogen-bond acceptors (Lipinski definition) is 3. The number of rotatable bonds is 4. The zero-order valence-electron chi connectivity index (χ0n) is 11.8. The lowest BCUT2D eigenvalue weighted by atomic mass is 10.2. The molecule has 0 spiro atoms. The quantitative estimate of drug-likeness (QED) is 0.906. The van der Waals surface area contributed by atoms with Gasteiger partial charge in [-0.1, -0.05) is 17.7 Å². The summed E-state index contributed by atoms with van der Waals surface area (Å²) in [5.41, 5.74) is 1.29. The van der Waals surface area contributed by atoms with E-state index in [0.29, 0.717) is 16.5 Å². The number of carbonyl (C=O) groups excluding carboxylic acids is 1. The van der Waals surface area contributed by atoms with Gasteiger partial charge in [-0.2, -0.15) is 0 Å². The first-order chi connectivity index (χ1) is 10.1. The van der Waals surface area contributed by atoms with E-state index in [1.165, 1.54) is 7.11 Å². The van der Waals surface area contributed by atoms with Gasteiger partial charge in [0.15, 0.2) is 0 Å². The Morgan fingerprint density at radius 1 is 1.33 bits per heavy atom. The predicted molar refractivity (Wildman–Crippen MR) is 82.8 cm³/mol. The minimum Gasteiger partial charge on any atom is -0.495 e. The molecule has 0 radical (unpaired) electrons. The second-order valence-corrected chi connectivity index (χ2v) is 4.86. The Morgan fingerprint density at radius 3 is 2.81 bits per heavy atom. The third-order valence-corrected chi connectivity index (χ3v) is 3.12. The van der Waals surface area contributed by atoms with Crippen molar-refractivity contribution in [2.45, 2.75) is 13.0 Å². The zero-order valence-corrected chi connectivity index (χ0v) is 12.5. The number of carbonyl (C=O) groups is 1. The van der Waals surface area contributed by atoms with Crippen LogP contribution in [0, 0.1) is 0 Å². The molecule has 2 rings (SSSR count). The molecule has 2 N–H and O–H groups in total. The molecule has 5 nitrogen and oxygen atoms in total. The summed E-state index contributed by atoms with van der Waals surface area (Å²) in [5.74, 6) is 0.542. The van der Waals surface area contributed by atoms with Crippen molar-refractivity contribution in [1.29, 1.82) is 0 Å². The van der Waals surface area contributed by atoms with Crippen LogP contribution in [0.5, 0.6) is 5.75 Å². The van der Waals surface area contributed by atoms with Gasteiger partial charge in [0.2, 0.25) is 0 Å². The number of aromatic nitrogens is 1. The molecule has 0 aliphatic rings. The number of methoxy groups -OCH3 is 1. The van der Waals surface area contributed by atoms with E-state index < -0.39 is 0 Å². The topological polar surface area (TPSA) is 63.2 Å². The van der Waals surface area contributed by atoms with Gasteiger partial charge in [0.05, 0.1) is 24.5 Å². The Morgan fingerprint density at radius 2 is 2.14 bits per heavy atom. The van der Waals surface area contributed by atoms with Crippen LogP contribution in [0.4, 0.5) is 10.5 Å². The first kappa shape index (κ1) is 15.1. The van der Waals surface area contributed by atoms with Gasteiger partial charge in [-0.05, 0) is 37.3 Å². The lowest BCUT2D eigenvalue weighted by molar-refractivity contribution is 0.249. The van der Waals surface area contributed by atoms with Gasteiger partial charge in [-0.25, -0.2) is 4.79 Å². The maximum atomic E-state index is 12.0. The van der Waals surface area contributed by atoms with E-state index in [2.05, 4.69) is 15.6 Å². The maximum Gasteiger partial charge on any atom is 0.319 e. The van der Waals surface area contributed by atoms with Crippen molar-refractivity contribution in [3.63, 3.8) is 0 Å². The van der Waals surface area contributed by atoms with Crippen molar-refractivity contribution >= 4 is 23.3 Å². The average molecular weight is 306 g/mol. The average Bonchev–Trinajstić information content (AvgIpc) is 2.48. The summed E-state index contributed by atoms with van der Waals surface area (Å²) in [6.07, 6.45) is 1.69. The molecule has 2 amide bonds. The molecule has 1 aromatic heterocycles. The Kier molecular flexibility index (Phi) is 5.00. The Bertz CT molecular complexity index is 620. The Balaban J connectivity index is 2.04. The fourth-order valence-electron chi connectivity index (χ4n) is 1.84. The fraction of sp³-hybridized carbons (Fsp3) is 0.200. The molecule has 0 bridgehead atoms. The van der Waals surface area contributed by atoms with Crippen LogP contribution >= 0.6 is 11.6 Å². The minimum absolute atomic E-state index is 0.212. The van der Waals surface area contributed by atoms with Crippen LogP contribution < -0.4 is 15.4 Å². The van der Waals surface area contributed by atoms with Gasteiger partial charge >= 0.3 is 6.03 Å². The smallest absolute Gasteiger partial charge is 0.319 e. The molecule has 2 aromatic rings. The molecule has 0 aliphatic heterocycles. The van der Waals surface area contributed by atoms with E-state index in [1.807, 2.05) is 25.1 Å². The lowest BCUT2D eigenvalue weighted by Gasteiger charge is -2.15. The number of hydrogen-bond donors (Lipinski definition) is 2. The van der Waals surface area contributed by atoms with Crippen LogP contribution in [0.1, 0.15) is 18.7 Å². The van der Waals surface area contributed by atoms with Crippen LogP contribution in [0.2, 0.25) is 5.02 Å². The fourth-order valence-corrected chi connectivity index (χ4v) is 2.01. The van der Waals surface area contributed by atoms with E-state index in [1.54, 1.807) is 24.4 Å². The number of nitrogens with zero attached hydrogens (tertiary/aromatic N) is 1. The zero-order chi connectivity index (χ0) is 15.2. The number of pyridine rings is 1. The molecule has 0 aliphatic carbocycles. The van der Waals surface area contributed by atoms with Gasteiger partial charge < -0.3 is 15.4 Å². The molecule has 1 atom stereocenters. The normalized spacial score (nSPS) is 11.6. The molecule has 110 valence electrons. The summed E-state index contributed by atoms with van der Waals surface area (Å²) in [6.45, 7) is 1.86. The Labute approximate surface area is 128 Å². The summed E-state index contributed by atoms with van der Waals surface area (Å²) in [7, 11) is 1.53. The first-order valence-electron chi connectivity index (χ1n) is 6.42. The van der Waals surface area contributed by atoms with Crippen molar-refractivity contribution < 1.29 is 9.53 Å². The van der Waals surface area contributed by atoms with Crippen molar-refractivity contribution in [3.8, 4) is 5.75 Å². The van der Waals surface area contributed by atoms with Crippen LogP contribution in [0.25, 0.3) is 0 Å². The maximum absolute atomic E-state index is 12.0. The monoisotopic (exact) mass is 305 g/mol. The largest absolute Gasteiger partial charge is 0.495 e. The molecular weight excluding hydrogens is 290 g/mol. The number of anilines is 1. The van der Waals surface area contributed by atoms with E-state index in [4.69, 9.17) is 16.3 Å². The number of ether oxygens (including phenoxy) is 1. The van der Waals surface area contributed by atoms with Gasteiger partial charge in [-0.15, -0.1) is 0 Å². The van der Waals surface area contributed by atoms with E-state index in [-0.39, 0.29) is 12.1 Å². The van der Waals surface area contributed by atoms with Crippen molar-refractivity contribution in [2.75, 3.05) is 12.4 Å². The summed E-state index contributed by atoms with van der Waals surface area (Å²) in [6, 6.07) is 10.0. The first-order valence-corrected chi connectivity index (χ1v) is 6.80. The third kappa shape index (κ3) is 4.10. The minimum atomic E-state index is -0.353. The van der Waals surface area contributed by atoms with E-state index >= 15 is 0 Å². The number of amides is 2. The molecule has 1 heterocycles. The second kappa shape index (κ2) is 6.95. The van der Waals surface area contributed by atoms with E-state index in [0.717, 1.165) is 5.69 Å². The predicted octanol–water partition coefficient (Wildman–Crippen LogP) is 3.63. The van der Waals surface area contributed by atoms with Crippen molar-refractivity contribution in [1.82, 2.24) is 10.3 Å². The van der Waals surface area contributed by atoms with Crippen LogP contribution in [-0.2, 0) is 0 Å². The second-order valence-electron chi connectivity index (χ2n) is 4.42. The molecule has 0 saturated carbocycles. The van der Waals surface area contributed by atoms with Gasteiger partial charge in [0, 0.05) is 11.2 Å². The summed E-state index contributed by atoms with van der Waals surface area (Å²) >= 11 is 5.92. The highest BCUT2D eigenvalue weighted by Gasteiger charge is 2.12. The van der Waals surface area contributed by atoms with E-state index in [9.17, 15) is 4.79 Å². The molecule has 6 heteroatoms. The highest BCUT2D eigenvalue weighted by Crippen LogP contribution is 2.27. The molecule has 0 fully saturated rings. The highest BCUT2D eigenvalue weighted by molar-refractivity contribution is 6.31. The van der Waals surface area contributed by atoms with Crippen LogP contribution in [0.15, 0.2) is 42.6 Å². The third-order valence-electron chi connectivity index (χ3n) is 2.89. The molecule has 1 aromatic carbocycles. The number of nitrogens with one attached hydrogen (secondary N) is 2. The van der Waals surface area contributed by atoms with Crippen LogP contribution in [0.3, 0.4) is 0 Å². The number of urea groups is 1. The van der Waals surface area contributed by atoms with Gasteiger partial charge in [0.1, 0.15) is 5.75 Å². The summed E-state index contributed by atoms with van der Waals surface area (Å²) in [4.78, 5) is 16.2.